The first-order valence-corrected chi connectivity index (χ1v) is 16.5. The molecule has 0 aliphatic carbocycles. The van der Waals surface area contributed by atoms with E-state index in [1.54, 1.807) is 30.3 Å². The molecule has 0 spiro atoms. The third kappa shape index (κ3) is 7.10. The van der Waals surface area contributed by atoms with Crippen LogP contribution in [-0.2, 0) is 19.1 Å². The first kappa shape index (κ1) is 34.0. The second-order valence-corrected chi connectivity index (χ2v) is 12.3. The Morgan fingerprint density at radius 3 is 2.54 bits per heavy atom. The summed E-state index contributed by atoms with van der Waals surface area (Å²) in [4.78, 5) is 77.1. The molecule has 50 heavy (non-hydrogen) atoms. The number of hydrogen-bond acceptors (Lipinski definition) is 8. The Balaban J connectivity index is 0.970. The SMILES string of the molecule is Cc1ccc(NC(=O)CCOCCNc2cccc3c2C(=O)N(C2CCC(=O)NC2=O)C3=O)cc1C(=O)N[C@H](C)c1cccc2ccccc12. The molecule has 6 rings (SSSR count). The molecule has 0 aromatic heterocycles. The largest absolute Gasteiger partial charge is 0.382 e. The number of imide groups is 2. The Morgan fingerprint density at radius 2 is 1.72 bits per heavy atom. The third-order valence-corrected chi connectivity index (χ3v) is 8.91. The molecule has 256 valence electrons. The van der Waals surface area contributed by atoms with Gasteiger partial charge in [-0.2, -0.15) is 0 Å². The molecule has 2 aliphatic heterocycles. The van der Waals surface area contributed by atoms with E-state index < -0.39 is 29.7 Å². The van der Waals surface area contributed by atoms with Crippen molar-refractivity contribution in [2.75, 3.05) is 30.4 Å². The van der Waals surface area contributed by atoms with Gasteiger partial charge in [-0.05, 0) is 66.4 Å². The van der Waals surface area contributed by atoms with Gasteiger partial charge in [0, 0.05) is 29.9 Å². The molecular formula is C38H37N5O7. The van der Waals surface area contributed by atoms with Crippen molar-refractivity contribution >= 4 is 57.6 Å². The summed E-state index contributed by atoms with van der Waals surface area (Å²) in [5.74, 6) is -2.81. The lowest BCUT2D eigenvalue weighted by Crippen LogP contribution is -2.54. The number of amides is 6. The Morgan fingerprint density at radius 1 is 0.940 bits per heavy atom. The smallest absolute Gasteiger partial charge is 0.264 e. The summed E-state index contributed by atoms with van der Waals surface area (Å²) in [7, 11) is 0. The number of nitrogens with one attached hydrogen (secondary N) is 4. The Kier molecular flexibility index (Phi) is 10.0. The van der Waals surface area contributed by atoms with Crippen LogP contribution in [0.4, 0.5) is 11.4 Å². The highest BCUT2D eigenvalue weighted by Gasteiger charge is 2.45. The maximum atomic E-state index is 13.3. The summed E-state index contributed by atoms with van der Waals surface area (Å²) in [6.45, 7) is 4.41. The van der Waals surface area contributed by atoms with Crippen LogP contribution in [0.3, 0.4) is 0 Å². The molecule has 2 heterocycles. The number of carbonyl (C=O) groups is 6. The van der Waals surface area contributed by atoms with Gasteiger partial charge in [0.25, 0.3) is 17.7 Å². The second-order valence-electron chi connectivity index (χ2n) is 12.3. The van der Waals surface area contributed by atoms with Crippen LogP contribution in [0.2, 0.25) is 0 Å². The number of rotatable bonds is 12. The monoisotopic (exact) mass is 675 g/mol. The zero-order chi connectivity index (χ0) is 35.4. The molecule has 4 aromatic rings. The molecule has 12 heteroatoms. The summed E-state index contributed by atoms with van der Waals surface area (Å²) in [5, 5.41) is 13.4. The number of ether oxygens (including phenoxy) is 1. The number of nitrogens with zero attached hydrogens (tertiary/aromatic N) is 1. The van der Waals surface area contributed by atoms with E-state index in [2.05, 4.69) is 21.3 Å². The van der Waals surface area contributed by atoms with E-state index in [1.165, 1.54) is 6.07 Å². The van der Waals surface area contributed by atoms with Crippen LogP contribution in [0.15, 0.2) is 78.9 Å². The highest BCUT2D eigenvalue weighted by molar-refractivity contribution is 6.25. The lowest BCUT2D eigenvalue weighted by Gasteiger charge is -2.27. The van der Waals surface area contributed by atoms with Gasteiger partial charge < -0.3 is 20.7 Å². The summed E-state index contributed by atoms with van der Waals surface area (Å²) in [6, 6.07) is 22.8. The summed E-state index contributed by atoms with van der Waals surface area (Å²) in [5.41, 5.74) is 3.51. The Labute approximate surface area is 288 Å². The van der Waals surface area contributed by atoms with Crippen molar-refractivity contribution in [1.29, 1.82) is 0 Å². The van der Waals surface area contributed by atoms with E-state index in [4.69, 9.17) is 4.74 Å². The first-order valence-electron chi connectivity index (χ1n) is 16.5. The van der Waals surface area contributed by atoms with Crippen molar-refractivity contribution < 1.29 is 33.5 Å². The Hall–Kier alpha value is -5.88. The van der Waals surface area contributed by atoms with Gasteiger partial charge in [0.1, 0.15) is 6.04 Å². The van der Waals surface area contributed by atoms with Crippen LogP contribution < -0.4 is 21.3 Å². The number of anilines is 2. The average Bonchev–Trinajstić information content (AvgIpc) is 3.36. The topological polar surface area (TPSA) is 163 Å². The molecular weight excluding hydrogens is 638 g/mol. The van der Waals surface area contributed by atoms with Gasteiger partial charge >= 0.3 is 0 Å². The summed E-state index contributed by atoms with van der Waals surface area (Å²) in [6.07, 6.45) is 0.189. The van der Waals surface area contributed by atoms with Crippen molar-refractivity contribution in [1.82, 2.24) is 15.5 Å². The van der Waals surface area contributed by atoms with Crippen molar-refractivity contribution in [3.05, 3.63) is 107 Å². The molecule has 1 unspecified atom stereocenters. The average molecular weight is 676 g/mol. The van der Waals surface area contributed by atoms with Crippen molar-refractivity contribution in [3.8, 4) is 0 Å². The van der Waals surface area contributed by atoms with Crippen LogP contribution in [0.1, 0.15) is 74.4 Å². The quantitative estimate of drug-likeness (QED) is 0.126. The van der Waals surface area contributed by atoms with Crippen LogP contribution in [-0.4, -0.2) is 66.1 Å². The van der Waals surface area contributed by atoms with E-state index >= 15 is 0 Å². The molecule has 1 saturated heterocycles. The predicted molar refractivity (Wildman–Crippen MR) is 187 cm³/mol. The molecule has 2 aliphatic rings. The summed E-state index contributed by atoms with van der Waals surface area (Å²) < 4.78 is 5.63. The maximum absolute atomic E-state index is 13.3. The van der Waals surface area contributed by atoms with Crippen LogP contribution in [0.25, 0.3) is 10.8 Å². The highest BCUT2D eigenvalue weighted by Crippen LogP contribution is 2.32. The molecule has 6 amide bonds. The van der Waals surface area contributed by atoms with Gasteiger partial charge in [-0.1, -0.05) is 54.6 Å². The lowest BCUT2D eigenvalue weighted by atomic mass is 9.99. The molecule has 1 fully saturated rings. The lowest BCUT2D eigenvalue weighted by molar-refractivity contribution is -0.136. The number of aryl methyl sites for hydroxylation is 1. The number of benzene rings is 4. The predicted octanol–water partition coefficient (Wildman–Crippen LogP) is 4.50. The van der Waals surface area contributed by atoms with Crippen molar-refractivity contribution in [2.45, 2.75) is 45.2 Å². The van der Waals surface area contributed by atoms with Gasteiger partial charge in [0.05, 0.1) is 36.8 Å². The van der Waals surface area contributed by atoms with Gasteiger partial charge in [0.2, 0.25) is 17.7 Å². The number of hydrogen-bond donors (Lipinski definition) is 4. The van der Waals surface area contributed by atoms with E-state index in [-0.39, 0.29) is 68.0 Å². The van der Waals surface area contributed by atoms with E-state index in [0.717, 1.165) is 26.8 Å². The van der Waals surface area contributed by atoms with Crippen LogP contribution in [0.5, 0.6) is 0 Å². The number of carbonyl (C=O) groups excluding carboxylic acids is 6. The fraction of sp³-hybridized carbons (Fsp3) is 0.263. The normalized spacial score (nSPS) is 16.2. The van der Waals surface area contributed by atoms with Gasteiger partial charge in [0.15, 0.2) is 0 Å². The standard InChI is InChI=1S/C38H37N5O7/c1-22-13-14-25(21-29(22)35(46)40-23(2)26-10-5-8-24-7-3-4-9-27(24)26)41-33(45)17-19-50-20-18-39-30-12-6-11-28-34(30)38(49)43(37(28)48)31-15-16-32(44)42-36(31)47/h3-14,21,23,31,39H,15-20H2,1-2H3,(H,40,46)(H,41,45)(H,42,44,47)/t23-,31?/m1/s1. The van der Waals surface area contributed by atoms with Crippen molar-refractivity contribution in [3.63, 3.8) is 0 Å². The zero-order valence-electron chi connectivity index (χ0n) is 27.7. The van der Waals surface area contributed by atoms with E-state index in [1.807, 2.05) is 56.3 Å². The molecule has 4 N–H and O–H groups in total. The minimum Gasteiger partial charge on any atom is -0.382 e. The first-order chi connectivity index (χ1) is 24.1. The Bertz CT molecular complexity index is 2020. The molecule has 4 aromatic carbocycles. The van der Waals surface area contributed by atoms with E-state index in [0.29, 0.717) is 16.9 Å². The molecule has 0 saturated carbocycles. The molecule has 0 bridgehead atoms. The minimum absolute atomic E-state index is 0.0417. The molecule has 2 atom stereocenters. The number of piperidine rings is 1. The summed E-state index contributed by atoms with van der Waals surface area (Å²) >= 11 is 0. The van der Waals surface area contributed by atoms with Gasteiger partial charge in [-0.25, -0.2) is 0 Å². The van der Waals surface area contributed by atoms with Crippen molar-refractivity contribution in [2.24, 2.45) is 0 Å². The fourth-order valence-electron chi connectivity index (χ4n) is 6.34. The fourth-order valence-corrected chi connectivity index (χ4v) is 6.34. The maximum Gasteiger partial charge on any atom is 0.264 e. The molecule has 0 radical (unpaired) electrons. The van der Waals surface area contributed by atoms with E-state index in [9.17, 15) is 28.8 Å². The van der Waals surface area contributed by atoms with Crippen LogP contribution >= 0.6 is 0 Å². The third-order valence-electron chi connectivity index (χ3n) is 8.91. The zero-order valence-corrected chi connectivity index (χ0v) is 27.7. The van der Waals surface area contributed by atoms with Gasteiger partial charge in [-0.3, -0.25) is 39.0 Å². The molecule has 12 nitrogen and oxygen atoms in total. The van der Waals surface area contributed by atoms with Crippen LogP contribution in [0, 0.1) is 6.92 Å². The second kappa shape index (κ2) is 14.7. The number of fused-ring (bicyclic) bond motifs is 2. The van der Waals surface area contributed by atoms with Gasteiger partial charge in [-0.15, -0.1) is 0 Å². The highest BCUT2D eigenvalue weighted by atomic mass is 16.5. The minimum atomic E-state index is -1.05.